The van der Waals surface area contributed by atoms with E-state index >= 15 is 8.78 Å². The van der Waals surface area contributed by atoms with Crippen molar-refractivity contribution in [1.82, 2.24) is 9.13 Å². The van der Waals surface area contributed by atoms with Crippen LogP contribution in [0.2, 0.25) is 9.36 Å². The van der Waals surface area contributed by atoms with Gasteiger partial charge >= 0.3 is 32.3 Å². The molecule has 2 unspecified atom stereocenters. The zero-order chi connectivity index (χ0) is 70.6. The number of benzene rings is 8. The zero-order valence-electron chi connectivity index (χ0n) is 61.8. The molecule has 0 amide bonds. The van der Waals surface area contributed by atoms with Crippen molar-refractivity contribution in [3.8, 4) is 45.1 Å². The van der Waals surface area contributed by atoms with E-state index < -0.39 is 34.2 Å². The summed E-state index contributed by atoms with van der Waals surface area (Å²) in [5, 5.41) is 59.6. The van der Waals surface area contributed by atoms with Crippen molar-refractivity contribution in [2.24, 2.45) is 10.8 Å². The Hall–Kier alpha value is -6.39. The third-order valence-electron chi connectivity index (χ3n) is 19.2. The normalized spacial score (nSPS) is 14.2. The Kier molecular flexibility index (Phi) is 19.5. The van der Waals surface area contributed by atoms with Gasteiger partial charge in [-0.3, -0.25) is 0 Å². The fourth-order valence-corrected chi connectivity index (χ4v) is 15.4. The van der Waals surface area contributed by atoms with Crippen molar-refractivity contribution in [1.29, 1.82) is 0 Å². The standard InChI is InChI=1S/C84H102F2N2O4.2CH3.Hf/c1-76(2,3)47-82(19,20)61-44-67(87-63-34-30-51(78(7,8)9)40-57(63)58-41-52(79(10,11)12)31-35-64(58)87)74(90)70(49-26-24-28-55(85)38-49)72(61)69(89)46-84(23,92)73-62(83(21,22)48-77(4,5)6)45-68(75(91)71(73)50-27-25-29-56(86)39-50)88-65-36-32-53(80(13,14)15)42-59(65)60-43-54(81(16,17)18)33-37-66(60)88;;;/h24-45,69,89-92H,46-48H2,1-23H3;2*1H3;. The van der Waals surface area contributed by atoms with Crippen LogP contribution in [0.25, 0.3) is 77.2 Å². The van der Waals surface area contributed by atoms with E-state index in [1.807, 2.05) is 12.1 Å². The molecule has 0 radical (unpaired) electrons. The summed E-state index contributed by atoms with van der Waals surface area (Å²) in [4.78, 5) is 0. The maximum atomic E-state index is 16.2. The second-order valence-electron chi connectivity index (χ2n) is 35.5. The minimum atomic E-state index is -2.02. The number of aliphatic hydroxyl groups excluding tert-OH is 1. The van der Waals surface area contributed by atoms with Crippen LogP contribution in [-0.2, 0) is 61.0 Å². The molecule has 9 heteroatoms. The Balaban J connectivity index is 0.00000347. The van der Waals surface area contributed by atoms with E-state index in [2.05, 4.69) is 244 Å². The van der Waals surface area contributed by atoms with Crippen molar-refractivity contribution in [3.05, 3.63) is 190 Å². The summed E-state index contributed by atoms with van der Waals surface area (Å²) in [6.07, 6.45) is -0.668. The van der Waals surface area contributed by atoms with E-state index in [9.17, 15) is 20.4 Å². The van der Waals surface area contributed by atoms with Gasteiger partial charge in [0.2, 0.25) is 0 Å². The molecule has 2 heterocycles. The second kappa shape index (κ2) is 25.5. The second-order valence-corrected chi connectivity index (χ2v) is 39.1. The van der Waals surface area contributed by atoms with Crippen molar-refractivity contribution in [2.75, 3.05) is 0 Å². The molecular weight excluding hydrogens is 1340 g/mol. The molecule has 0 spiro atoms. The van der Waals surface area contributed by atoms with Crippen molar-refractivity contribution in [2.45, 2.75) is 232 Å². The molecule has 10 aromatic rings. The van der Waals surface area contributed by atoms with Crippen LogP contribution in [0.1, 0.15) is 229 Å². The van der Waals surface area contributed by atoms with Crippen LogP contribution in [-0.4, -0.2) is 29.6 Å². The molecule has 0 aliphatic rings. The van der Waals surface area contributed by atoms with Crippen molar-refractivity contribution in [3.63, 3.8) is 0 Å². The first kappa shape index (κ1) is 72.9. The number of hydrogen-bond acceptors (Lipinski definition) is 4. The van der Waals surface area contributed by atoms with Gasteiger partial charge in [-0.05, 0) is 204 Å². The average Bonchev–Trinajstić information content (AvgIpc) is 1.69. The number of aromatic nitrogens is 2. The van der Waals surface area contributed by atoms with Gasteiger partial charge in [0, 0.05) is 39.1 Å². The van der Waals surface area contributed by atoms with Gasteiger partial charge in [-0.15, -0.1) is 0 Å². The number of phenolic OH excluding ortho intramolecular Hbond substituents is 2. The van der Waals surface area contributed by atoms with Crippen LogP contribution in [0.15, 0.2) is 133 Å². The topological polar surface area (TPSA) is 90.8 Å². The molecular formula is C86H108F2HfN2O4. The molecule has 10 rings (SSSR count). The van der Waals surface area contributed by atoms with Gasteiger partial charge in [0.15, 0.2) is 0 Å². The minimum absolute atomic E-state index is 0.0833. The molecule has 0 aliphatic carbocycles. The Morgan fingerprint density at radius 2 is 0.716 bits per heavy atom. The van der Waals surface area contributed by atoms with E-state index in [1.54, 1.807) is 31.2 Å². The Morgan fingerprint density at radius 3 is 1.03 bits per heavy atom. The zero-order valence-corrected chi connectivity index (χ0v) is 65.4. The summed E-state index contributed by atoms with van der Waals surface area (Å²) >= 11 is 0.0833. The Bertz CT molecular complexity index is 4410. The fraction of sp³-hybridized carbons (Fsp3) is 0.442. The van der Waals surface area contributed by atoms with E-state index in [0.29, 0.717) is 57.6 Å². The number of aromatic hydroxyl groups is 2. The van der Waals surface area contributed by atoms with Crippen LogP contribution in [0.3, 0.4) is 0 Å². The molecule has 95 heavy (non-hydrogen) atoms. The molecule has 0 saturated carbocycles. The van der Waals surface area contributed by atoms with E-state index in [4.69, 9.17) is 0 Å². The number of rotatable bonds is 12. The number of fused-ring (bicyclic) bond motifs is 6. The average molecular weight is 1450 g/mol. The van der Waals surface area contributed by atoms with E-state index in [0.717, 1.165) is 65.9 Å². The summed E-state index contributed by atoms with van der Waals surface area (Å²) in [7, 11) is 0. The summed E-state index contributed by atoms with van der Waals surface area (Å²) < 4.78 is 41.2. The van der Waals surface area contributed by atoms with Crippen LogP contribution >= 0.6 is 0 Å². The van der Waals surface area contributed by atoms with E-state index in [-0.39, 0.29) is 84.4 Å². The molecule has 504 valence electrons. The van der Waals surface area contributed by atoms with Crippen LogP contribution in [0, 0.1) is 22.5 Å². The van der Waals surface area contributed by atoms with Gasteiger partial charge < -0.3 is 29.6 Å². The van der Waals surface area contributed by atoms with Gasteiger partial charge in [0.25, 0.3) is 0 Å². The third-order valence-corrected chi connectivity index (χ3v) is 19.2. The van der Waals surface area contributed by atoms with Crippen molar-refractivity contribution < 1.29 is 52.1 Å². The number of hydrogen-bond donors (Lipinski definition) is 4. The Labute approximate surface area is 578 Å². The van der Waals surface area contributed by atoms with Crippen LogP contribution in [0.4, 0.5) is 8.78 Å². The summed E-state index contributed by atoms with van der Waals surface area (Å²) in [6, 6.07) is 42.6. The molecule has 8 aromatic carbocycles. The predicted octanol–water partition coefficient (Wildman–Crippen LogP) is 24.0. The molecule has 2 atom stereocenters. The van der Waals surface area contributed by atoms with Gasteiger partial charge in [-0.25, -0.2) is 8.78 Å². The molecule has 0 saturated heterocycles. The van der Waals surface area contributed by atoms with Crippen LogP contribution in [0.5, 0.6) is 11.5 Å². The van der Waals surface area contributed by atoms with Gasteiger partial charge in [-0.1, -0.05) is 201 Å². The summed E-state index contributed by atoms with van der Waals surface area (Å²) in [5.41, 5.74) is 7.66. The number of phenols is 2. The molecule has 0 fully saturated rings. The molecule has 4 N–H and O–H groups in total. The SMILES string of the molecule is CC(C)(C)CC(C)(C)c1cc(-n2c3ccc(C(C)(C)C)cc3c3cc(C(C)(C)C)ccc32)c(O)c(-c2cccc(F)c2)c1C(O)CC(C)(O)c1c(C(C)(C)CC(C)(C)C)cc(-n2c3ccc(C(C)(C)C)cc3c3cc(C(C)(C)C)ccc32)c(O)c1-c1cccc(F)c1.[CH3][Hf][CH3]. The van der Waals surface area contributed by atoms with Gasteiger partial charge in [0.1, 0.15) is 23.1 Å². The third kappa shape index (κ3) is 14.8. The number of nitrogens with zero attached hydrogens (tertiary/aromatic N) is 2. The predicted molar refractivity (Wildman–Crippen MR) is 396 cm³/mol. The molecule has 2 aromatic heterocycles. The number of aliphatic hydroxyl groups is 2. The maximum absolute atomic E-state index is 16.2. The monoisotopic (exact) mass is 1450 g/mol. The molecule has 6 nitrogen and oxygen atoms in total. The fourth-order valence-electron chi connectivity index (χ4n) is 15.4. The first-order valence-corrected chi connectivity index (χ1v) is 41.3. The molecule has 0 aliphatic heterocycles. The first-order chi connectivity index (χ1) is 43.6. The quantitative estimate of drug-likeness (QED) is 0.0918. The first-order valence-electron chi connectivity index (χ1n) is 34.1. The Morgan fingerprint density at radius 1 is 0.411 bits per heavy atom. The van der Waals surface area contributed by atoms with Gasteiger partial charge in [0.05, 0.1) is 45.1 Å². The summed E-state index contributed by atoms with van der Waals surface area (Å²) in [5.74, 6) is -1.38. The summed E-state index contributed by atoms with van der Waals surface area (Å²) in [6.45, 7) is 49.9. The van der Waals surface area contributed by atoms with Crippen LogP contribution < -0.4 is 0 Å². The number of halogens is 2. The van der Waals surface area contributed by atoms with Crippen molar-refractivity contribution >= 4 is 43.6 Å². The van der Waals surface area contributed by atoms with E-state index in [1.165, 1.54) is 24.3 Å². The van der Waals surface area contributed by atoms with Gasteiger partial charge in [-0.2, -0.15) is 0 Å². The molecule has 0 bridgehead atoms.